The number of nitrogens with one attached hydrogen (secondary N) is 2. The Morgan fingerprint density at radius 3 is 2.33 bits per heavy atom. The Hall–Kier alpha value is -3.30. The van der Waals surface area contributed by atoms with Crippen molar-refractivity contribution in [2.24, 2.45) is 0 Å². The Morgan fingerprint density at radius 1 is 1.13 bits per heavy atom. The molecule has 218 valence electrons. The SMILES string of the molecule is COC(=O)CNP(=O)(N[C@@H](C)C(=O)OC)OC[C@H]1O[C@@H](N2C=CCC(C(=O)O)=C2)[C@H](OC(C)=O)[C@@H]1OC(C)=O. The second-order valence-electron chi connectivity index (χ2n) is 8.34. The Balaban J connectivity index is 2.35. The number of carbonyl (C=O) groups excluding carboxylic acids is 4. The highest BCUT2D eigenvalue weighted by Gasteiger charge is 2.52. The van der Waals surface area contributed by atoms with Gasteiger partial charge in [0.1, 0.15) is 18.7 Å². The summed E-state index contributed by atoms with van der Waals surface area (Å²) in [7, 11) is -1.95. The quantitative estimate of drug-likeness (QED) is 0.147. The molecule has 16 nitrogen and oxygen atoms in total. The van der Waals surface area contributed by atoms with Crippen molar-refractivity contribution in [1.82, 2.24) is 15.1 Å². The molecule has 2 aliphatic rings. The summed E-state index contributed by atoms with van der Waals surface area (Å²) in [5, 5.41) is 14.2. The molecule has 1 unspecified atom stereocenters. The molecule has 17 heteroatoms. The maximum atomic E-state index is 13.5. The zero-order chi connectivity index (χ0) is 29.3. The van der Waals surface area contributed by atoms with Crippen LogP contribution >= 0.6 is 7.67 Å². The van der Waals surface area contributed by atoms with E-state index in [1.54, 1.807) is 6.08 Å². The van der Waals surface area contributed by atoms with E-state index in [1.807, 2.05) is 0 Å². The number of hydrogen-bond acceptors (Lipinski definition) is 13. The summed E-state index contributed by atoms with van der Waals surface area (Å²) in [5.74, 6) is -4.23. The van der Waals surface area contributed by atoms with Gasteiger partial charge in [-0.1, -0.05) is 6.08 Å². The van der Waals surface area contributed by atoms with E-state index in [-0.39, 0.29) is 12.0 Å². The summed E-state index contributed by atoms with van der Waals surface area (Å²) in [6.07, 6.45) is -0.435. The van der Waals surface area contributed by atoms with Gasteiger partial charge in [-0.3, -0.25) is 23.7 Å². The van der Waals surface area contributed by atoms with E-state index < -0.39 is 81.3 Å². The van der Waals surface area contributed by atoms with Crippen LogP contribution in [0.1, 0.15) is 27.2 Å². The Labute approximate surface area is 224 Å². The van der Waals surface area contributed by atoms with Crippen molar-refractivity contribution >= 4 is 37.5 Å². The first-order valence-electron chi connectivity index (χ1n) is 11.6. The second-order valence-corrected chi connectivity index (χ2v) is 10.3. The van der Waals surface area contributed by atoms with Gasteiger partial charge in [0.15, 0.2) is 18.4 Å². The lowest BCUT2D eigenvalue weighted by Crippen LogP contribution is -2.45. The topological polar surface area (TPSA) is 205 Å². The van der Waals surface area contributed by atoms with Crippen LogP contribution in [0.3, 0.4) is 0 Å². The van der Waals surface area contributed by atoms with E-state index in [1.165, 1.54) is 24.2 Å². The third-order valence-electron chi connectivity index (χ3n) is 5.38. The fourth-order valence-corrected chi connectivity index (χ4v) is 5.21. The first kappa shape index (κ1) is 31.9. The summed E-state index contributed by atoms with van der Waals surface area (Å²) < 4.78 is 44.9. The van der Waals surface area contributed by atoms with Gasteiger partial charge in [0.2, 0.25) is 0 Å². The number of ether oxygens (including phenoxy) is 5. The first-order valence-corrected chi connectivity index (χ1v) is 13.2. The van der Waals surface area contributed by atoms with Gasteiger partial charge in [0.25, 0.3) is 0 Å². The molecular weight excluding hydrogens is 545 g/mol. The van der Waals surface area contributed by atoms with Crippen molar-refractivity contribution in [2.75, 3.05) is 27.4 Å². The van der Waals surface area contributed by atoms with Crippen LogP contribution in [0.25, 0.3) is 0 Å². The molecule has 0 amide bonds. The molecule has 0 bridgehead atoms. The predicted molar refractivity (Wildman–Crippen MR) is 129 cm³/mol. The average molecular weight is 577 g/mol. The summed E-state index contributed by atoms with van der Waals surface area (Å²) >= 11 is 0. The molecule has 1 fully saturated rings. The molecule has 0 aromatic heterocycles. The van der Waals surface area contributed by atoms with Gasteiger partial charge in [-0.2, -0.15) is 0 Å². The average Bonchev–Trinajstić information content (AvgIpc) is 3.21. The van der Waals surface area contributed by atoms with Crippen molar-refractivity contribution in [3.05, 3.63) is 24.0 Å². The van der Waals surface area contributed by atoms with E-state index in [4.69, 9.17) is 18.7 Å². The van der Waals surface area contributed by atoms with Crippen molar-refractivity contribution in [3.8, 4) is 0 Å². The number of nitrogens with zero attached hydrogens (tertiary/aromatic N) is 1. The number of rotatable bonds is 13. The highest BCUT2D eigenvalue weighted by atomic mass is 31.2. The third kappa shape index (κ3) is 9.14. The third-order valence-corrected chi connectivity index (χ3v) is 7.19. The molecule has 0 aliphatic carbocycles. The largest absolute Gasteiger partial charge is 0.478 e. The fraction of sp³-hybridized carbons (Fsp3) is 0.591. The molecule has 6 atom stereocenters. The van der Waals surface area contributed by atoms with Gasteiger partial charge in [-0.15, -0.1) is 0 Å². The minimum atomic E-state index is -4.19. The molecular formula is C22H32N3O13P. The lowest BCUT2D eigenvalue weighted by Gasteiger charge is -2.30. The van der Waals surface area contributed by atoms with Crippen LogP contribution in [0.15, 0.2) is 24.0 Å². The first-order chi connectivity index (χ1) is 18.3. The monoisotopic (exact) mass is 577 g/mol. The number of carboxylic acid groups (broad SMARTS) is 1. The van der Waals surface area contributed by atoms with Gasteiger partial charge >= 0.3 is 37.5 Å². The molecule has 2 rings (SSSR count). The molecule has 3 N–H and O–H groups in total. The molecule has 0 saturated carbocycles. The zero-order valence-electron chi connectivity index (χ0n) is 22.0. The smallest absolute Gasteiger partial charge is 0.342 e. The van der Waals surface area contributed by atoms with Crippen LogP contribution in [0, 0.1) is 0 Å². The number of methoxy groups -OCH3 is 2. The normalized spacial score (nSPS) is 24.6. The fourth-order valence-electron chi connectivity index (χ4n) is 3.64. The number of carbonyl (C=O) groups is 5. The van der Waals surface area contributed by atoms with Crippen molar-refractivity contribution < 1.29 is 61.9 Å². The Morgan fingerprint density at radius 2 is 1.77 bits per heavy atom. The Kier molecular flexibility index (Phi) is 11.6. The van der Waals surface area contributed by atoms with Gasteiger partial charge < -0.3 is 38.2 Å². The van der Waals surface area contributed by atoms with Crippen LogP contribution in [0.4, 0.5) is 0 Å². The number of carboxylic acids is 1. The van der Waals surface area contributed by atoms with Gasteiger partial charge in [-0.05, 0) is 6.92 Å². The van der Waals surface area contributed by atoms with Crippen LogP contribution in [0.2, 0.25) is 0 Å². The molecule has 2 aliphatic heterocycles. The van der Waals surface area contributed by atoms with E-state index >= 15 is 0 Å². The molecule has 1 saturated heterocycles. The zero-order valence-corrected chi connectivity index (χ0v) is 22.9. The van der Waals surface area contributed by atoms with Crippen molar-refractivity contribution in [2.45, 2.75) is 57.8 Å². The summed E-state index contributed by atoms with van der Waals surface area (Å²) in [4.78, 5) is 60.2. The summed E-state index contributed by atoms with van der Waals surface area (Å²) in [6.45, 7) is 2.46. The maximum absolute atomic E-state index is 13.5. The van der Waals surface area contributed by atoms with E-state index in [0.717, 1.165) is 28.1 Å². The summed E-state index contributed by atoms with van der Waals surface area (Å²) in [5.41, 5.74) is 0.0175. The molecule has 0 radical (unpaired) electrons. The molecule has 0 aromatic rings. The molecule has 2 heterocycles. The second kappa shape index (κ2) is 14.2. The molecule has 0 spiro atoms. The van der Waals surface area contributed by atoms with E-state index in [2.05, 4.69) is 19.6 Å². The highest BCUT2D eigenvalue weighted by Crippen LogP contribution is 2.40. The highest BCUT2D eigenvalue weighted by molar-refractivity contribution is 7.54. The van der Waals surface area contributed by atoms with Crippen molar-refractivity contribution in [3.63, 3.8) is 0 Å². The lowest BCUT2D eigenvalue weighted by atomic mass is 10.1. The maximum Gasteiger partial charge on any atom is 0.342 e. The lowest BCUT2D eigenvalue weighted by molar-refractivity contribution is -0.166. The number of aliphatic carboxylic acids is 1. The number of allylic oxidation sites excluding steroid dienone is 1. The predicted octanol–water partition coefficient (Wildman–Crippen LogP) is -0.199. The molecule has 0 aromatic carbocycles. The van der Waals surface area contributed by atoms with Crippen LogP contribution < -0.4 is 10.2 Å². The van der Waals surface area contributed by atoms with Crippen LogP contribution in [-0.4, -0.2) is 97.8 Å². The van der Waals surface area contributed by atoms with Crippen LogP contribution in [0.5, 0.6) is 0 Å². The standard InChI is InChI=1S/C22H32N3O13P/c1-12(22(31)34-5)24-39(32,23-9-17(28)33-4)35-11-16-18(36-13(2)26)19(37-14(3)27)20(38-16)25-8-6-7-15(10-25)21(29)30/h6,8,10,12,16,18-20H,7,9,11H2,1-5H3,(H,29,30)(H2,23,24,32)/t12-,16+,18+,19+,20+,39?/m0/s1. The number of hydrogen-bond donors (Lipinski definition) is 3. The van der Waals surface area contributed by atoms with Gasteiger partial charge in [-0.25, -0.2) is 15.0 Å². The van der Waals surface area contributed by atoms with E-state index in [9.17, 15) is 33.6 Å². The molecule has 39 heavy (non-hydrogen) atoms. The number of esters is 4. The van der Waals surface area contributed by atoms with Gasteiger partial charge in [0.05, 0.1) is 26.4 Å². The van der Waals surface area contributed by atoms with Gasteiger partial charge in [0, 0.05) is 32.7 Å². The van der Waals surface area contributed by atoms with Crippen LogP contribution in [-0.2, 0) is 56.7 Å². The van der Waals surface area contributed by atoms with E-state index in [0.29, 0.717) is 0 Å². The minimum Gasteiger partial charge on any atom is -0.478 e. The Bertz CT molecular complexity index is 1060. The minimum absolute atomic E-state index is 0.0175. The summed E-state index contributed by atoms with van der Waals surface area (Å²) in [6, 6.07) is -1.14. The van der Waals surface area contributed by atoms with Crippen molar-refractivity contribution in [1.29, 1.82) is 0 Å².